The predicted molar refractivity (Wildman–Crippen MR) is 140 cm³/mol. The van der Waals surface area contributed by atoms with Crippen LogP contribution in [0.25, 0.3) is 22.3 Å². The van der Waals surface area contributed by atoms with Gasteiger partial charge in [-0.05, 0) is 48.9 Å². The number of pyridine rings is 2. The van der Waals surface area contributed by atoms with E-state index in [1.165, 1.54) is 10.6 Å². The van der Waals surface area contributed by atoms with Crippen molar-refractivity contribution in [1.82, 2.24) is 20.2 Å². The number of esters is 1. The van der Waals surface area contributed by atoms with E-state index in [9.17, 15) is 23.9 Å². The lowest BCUT2D eigenvalue weighted by atomic mass is 9.81. The standard InChI is InChI=1S/C29H28F2N4O5/c1-3-29(39)17-7-22-25-15(10-35(22)27(37)16(17)11-40-28(29)38)24-19(34-26(36)21-6-13(30)9-32-21)5-4-14-12(2)18(31)8-20(33-25)23(14)24/h7-8,13,19,21,32,39H,3-6,9-11H2,1-2H3,(H,34,36)/t13-,19-,21+,29?/m1/s1. The average molecular weight is 551 g/mol. The molecular weight excluding hydrogens is 522 g/mol. The van der Waals surface area contributed by atoms with Crippen LogP contribution < -0.4 is 16.2 Å². The third kappa shape index (κ3) is 3.37. The summed E-state index contributed by atoms with van der Waals surface area (Å²) >= 11 is 0. The van der Waals surface area contributed by atoms with Crippen LogP contribution in [0.1, 0.15) is 65.6 Å². The summed E-state index contributed by atoms with van der Waals surface area (Å²) in [6.45, 7) is 3.39. The van der Waals surface area contributed by atoms with Crippen molar-refractivity contribution in [3.05, 3.63) is 61.7 Å². The first-order valence-electron chi connectivity index (χ1n) is 13.6. The number of nitrogens with one attached hydrogen (secondary N) is 2. The van der Waals surface area contributed by atoms with Crippen LogP contribution in [-0.4, -0.2) is 45.3 Å². The van der Waals surface area contributed by atoms with Crippen molar-refractivity contribution >= 4 is 22.8 Å². The van der Waals surface area contributed by atoms with Gasteiger partial charge in [0.2, 0.25) is 5.91 Å². The van der Waals surface area contributed by atoms with Crippen molar-refractivity contribution < 1.29 is 28.2 Å². The fourth-order valence-electron chi connectivity index (χ4n) is 6.86. The van der Waals surface area contributed by atoms with Crippen molar-refractivity contribution in [2.24, 2.45) is 0 Å². The minimum absolute atomic E-state index is 0.0157. The summed E-state index contributed by atoms with van der Waals surface area (Å²) < 4.78 is 35.5. The minimum Gasteiger partial charge on any atom is -0.458 e. The second kappa shape index (κ2) is 8.65. The van der Waals surface area contributed by atoms with Gasteiger partial charge in [0.15, 0.2) is 5.60 Å². The number of aliphatic hydroxyl groups is 1. The number of aryl methyl sites for hydroxylation is 1. The fourth-order valence-corrected chi connectivity index (χ4v) is 6.86. The number of aromatic nitrogens is 2. The van der Waals surface area contributed by atoms with Crippen LogP contribution in [0.2, 0.25) is 0 Å². The van der Waals surface area contributed by atoms with Crippen molar-refractivity contribution in [2.45, 2.75) is 76.5 Å². The number of alkyl halides is 1. The molecule has 7 rings (SSSR count). The summed E-state index contributed by atoms with van der Waals surface area (Å²) in [4.78, 5) is 44.2. The van der Waals surface area contributed by atoms with Crippen LogP contribution in [0.15, 0.2) is 16.9 Å². The summed E-state index contributed by atoms with van der Waals surface area (Å²) in [7, 11) is 0. The zero-order chi connectivity index (χ0) is 28.1. The normalized spacial score (nSPS) is 26.3. The Labute approximate surface area is 227 Å². The number of benzene rings is 1. The quantitative estimate of drug-likeness (QED) is 0.335. The van der Waals surface area contributed by atoms with Crippen molar-refractivity contribution in [3.63, 3.8) is 0 Å². The van der Waals surface area contributed by atoms with Gasteiger partial charge in [0.25, 0.3) is 5.56 Å². The van der Waals surface area contributed by atoms with E-state index in [4.69, 9.17) is 9.72 Å². The molecule has 0 saturated carbocycles. The second-order valence-corrected chi connectivity index (χ2v) is 11.2. The average Bonchev–Trinajstić information content (AvgIpc) is 3.54. The van der Waals surface area contributed by atoms with Gasteiger partial charge in [0.1, 0.15) is 18.6 Å². The number of cyclic esters (lactones) is 1. The predicted octanol–water partition coefficient (Wildman–Crippen LogP) is 2.33. The fraction of sp³-hybridized carbons (Fsp3) is 0.448. The molecule has 40 heavy (non-hydrogen) atoms. The molecule has 1 saturated heterocycles. The minimum atomic E-state index is -1.97. The molecule has 3 N–H and O–H groups in total. The number of nitrogens with zero attached hydrogens (tertiary/aromatic N) is 2. The Balaban J connectivity index is 1.44. The molecule has 0 spiro atoms. The molecule has 1 aliphatic carbocycles. The van der Waals surface area contributed by atoms with Gasteiger partial charge in [0, 0.05) is 35.5 Å². The van der Waals surface area contributed by atoms with Crippen LogP contribution in [0.3, 0.4) is 0 Å². The molecule has 0 bridgehead atoms. The number of carbonyl (C=O) groups is 2. The lowest BCUT2D eigenvalue weighted by Gasteiger charge is -2.31. The summed E-state index contributed by atoms with van der Waals surface area (Å²) in [5, 5.41) is 17.9. The van der Waals surface area contributed by atoms with Crippen LogP contribution in [0.5, 0.6) is 0 Å². The monoisotopic (exact) mass is 550 g/mol. The maximum atomic E-state index is 15.0. The van der Waals surface area contributed by atoms with Crippen molar-refractivity contribution in [1.29, 1.82) is 0 Å². The molecule has 1 unspecified atom stereocenters. The first kappa shape index (κ1) is 25.3. The van der Waals surface area contributed by atoms with E-state index >= 15 is 4.39 Å². The Morgan fingerprint density at radius 1 is 1.30 bits per heavy atom. The van der Waals surface area contributed by atoms with Gasteiger partial charge in [-0.3, -0.25) is 9.59 Å². The number of ether oxygens (including phenoxy) is 1. The Kier molecular flexibility index (Phi) is 5.47. The molecule has 4 aliphatic rings. The van der Waals surface area contributed by atoms with E-state index in [0.29, 0.717) is 35.3 Å². The zero-order valence-electron chi connectivity index (χ0n) is 22.1. The SMILES string of the molecule is CCC1(O)C(=O)OCc2c1cc1n(c2=O)Cc2c-1nc1cc(F)c(C)c3c1c2[C@H](NC(=O)[C@@H]1C[C@@H](F)CN1)CC3. The topological polar surface area (TPSA) is 123 Å². The van der Waals surface area contributed by atoms with E-state index < -0.39 is 41.2 Å². The second-order valence-electron chi connectivity index (χ2n) is 11.2. The first-order chi connectivity index (χ1) is 19.1. The highest BCUT2D eigenvalue weighted by molar-refractivity contribution is 5.94. The molecule has 2 aromatic heterocycles. The number of rotatable bonds is 3. The van der Waals surface area contributed by atoms with E-state index in [2.05, 4.69) is 10.6 Å². The molecule has 0 radical (unpaired) electrons. The van der Waals surface area contributed by atoms with Gasteiger partial charge in [0.05, 0.1) is 41.1 Å². The Morgan fingerprint density at radius 3 is 2.83 bits per heavy atom. The van der Waals surface area contributed by atoms with Crippen molar-refractivity contribution in [2.75, 3.05) is 6.54 Å². The Hall–Kier alpha value is -3.70. The van der Waals surface area contributed by atoms with Crippen molar-refractivity contribution in [3.8, 4) is 11.4 Å². The Morgan fingerprint density at radius 2 is 2.10 bits per heavy atom. The number of hydrogen-bond acceptors (Lipinski definition) is 7. The number of fused-ring (bicyclic) bond motifs is 5. The largest absolute Gasteiger partial charge is 0.458 e. The van der Waals surface area contributed by atoms with Gasteiger partial charge in [-0.25, -0.2) is 18.6 Å². The van der Waals surface area contributed by atoms with E-state index in [0.717, 1.165) is 22.1 Å². The van der Waals surface area contributed by atoms with Gasteiger partial charge in [-0.1, -0.05) is 6.92 Å². The molecule has 9 nitrogen and oxygen atoms in total. The number of amides is 1. The zero-order valence-corrected chi connectivity index (χ0v) is 22.1. The molecular formula is C29H28F2N4O5. The number of halogens is 2. The summed E-state index contributed by atoms with van der Waals surface area (Å²) in [5.41, 5.74) is 2.12. The summed E-state index contributed by atoms with van der Waals surface area (Å²) in [6.07, 6.45) is 0.0426. The number of carbonyl (C=O) groups excluding carboxylic acids is 2. The number of hydrogen-bond donors (Lipinski definition) is 3. The van der Waals surface area contributed by atoms with Crippen LogP contribution in [-0.2, 0) is 39.5 Å². The van der Waals surface area contributed by atoms with Crippen LogP contribution >= 0.6 is 0 Å². The van der Waals surface area contributed by atoms with Crippen LogP contribution in [0.4, 0.5) is 8.78 Å². The van der Waals surface area contributed by atoms with Gasteiger partial charge in [-0.15, -0.1) is 0 Å². The molecule has 3 aromatic rings. The third-order valence-electron chi connectivity index (χ3n) is 9.09. The summed E-state index contributed by atoms with van der Waals surface area (Å²) in [6, 6.07) is 1.88. The highest BCUT2D eigenvalue weighted by Gasteiger charge is 2.46. The molecule has 11 heteroatoms. The van der Waals surface area contributed by atoms with Gasteiger partial charge in [-0.2, -0.15) is 0 Å². The molecule has 1 amide bonds. The highest BCUT2D eigenvalue weighted by atomic mass is 19.1. The van der Waals surface area contributed by atoms with E-state index in [-0.39, 0.29) is 49.6 Å². The van der Waals surface area contributed by atoms with E-state index in [1.807, 2.05) is 0 Å². The van der Waals surface area contributed by atoms with Gasteiger partial charge >= 0.3 is 5.97 Å². The molecule has 4 atom stereocenters. The Bertz CT molecular complexity index is 1720. The third-order valence-corrected chi connectivity index (χ3v) is 9.09. The summed E-state index contributed by atoms with van der Waals surface area (Å²) in [5.74, 6) is -1.51. The molecule has 1 aromatic carbocycles. The molecule has 208 valence electrons. The molecule has 5 heterocycles. The first-order valence-corrected chi connectivity index (χ1v) is 13.6. The lowest BCUT2D eigenvalue weighted by molar-refractivity contribution is -0.172. The smallest absolute Gasteiger partial charge is 0.343 e. The lowest BCUT2D eigenvalue weighted by Crippen LogP contribution is -2.44. The maximum Gasteiger partial charge on any atom is 0.343 e. The van der Waals surface area contributed by atoms with Gasteiger partial charge < -0.3 is 25.0 Å². The maximum absolute atomic E-state index is 15.0. The molecule has 1 fully saturated rings. The highest BCUT2D eigenvalue weighted by Crippen LogP contribution is 2.46. The van der Waals surface area contributed by atoms with Crippen LogP contribution in [0, 0.1) is 12.7 Å². The molecule has 3 aliphatic heterocycles. The van der Waals surface area contributed by atoms with E-state index in [1.54, 1.807) is 19.9 Å².